The van der Waals surface area contributed by atoms with Crippen LogP contribution in [0.25, 0.3) is 11.0 Å². The molecule has 6 rings (SSSR count). The average molecular weight is 566 g/mol. The monoisotopic (exact) mass is 565 g/mol. The molecule has 0 bridgehead atoms. The second-order valence-electron chi connectivity index (χ2n) is 10.1. The Labute approximate surface area is 240 Å². The van der Waals surface area contributed by atoms with Gasteiger partial charge in [0.2, 0.25) is 0 Å². The van der Waals surface area contributed by atoms with Crippen LogP contribution in [0.1, 0.15) is 39.1 Å². The van der Waals surface area contributed by atoms with Crippen LogP contribution in [0.3, 0.4) is 0 Å². The molecule has 11 heteroatoms. The summed E-state index contributed by atoms with van der Waals surface area (Å²) in [6.45, 7) is 2.89. The quantitative estimate of drug-likeness (QED) is 0.236. The maximum absolute atomic E-state index is 14.2. The zero-order valence-corrected chi connectivity index (χ0v) is 22.8. The predicted molar refractivity (Wildman–Crippen MR) is 156 cm³/mol. The number of carbonyl (C=O) groups excluding carboxylic acids is 2. The smallest absolute Gasteiger partial charge is 0.256 e. The average Bonchev–Trinajstić information content (AvgIpc) is 3.41. The number of benzene rings is 2. The standard InChI is InChI=1S/C31H28FN7O3/c1-19-12-14-33-26(17-19)36-30(40)20-8-10-22(11-9-20)42-25-13-15-34-28-27(25)29(38-37-28)35-21-5-4-16-39(18-21)31(41)23-6-2-3-7-24(23)32/h2-3,6-15,17,21H,4-5,16,18H2,1H3,(H,33,36,40)(H2,34,35,37,38)/t21-/m1/s1. The lowest BCUT2D eigenvalue weighted by molar-refractivity contribution is 0.0710. The van der Waals surface area contributed by atoms with Crippen molar-refractivity contribution < 1.29 is 18.7 Å². The molecule has 42 heavy (non-hydrogen) atoms. The topological polar surface area (TPSA) is 125 Å². The van der Waals surface area contributed by atoms with Crippen LogP contribution >= 0.6 is 0 Å². The van der Waals surface area contributed by atoms with E-state index in [0.29, 0.717) is 52.8 Å². The van der Waals surface area contributed by atoms with Crippen molar-refractivity contribution in [3.63, 3.8) is 0 Å². The van der Waals surface area contributed by atoms with Gasteiger partial charge < -0.3 is 20.3 Å². The molecule has 0 radical (unpaired) electrons. The van der Waals surface area contributed by atoms with Crippen molar-refractivity contribution in [1.29, 1.82) is 0 Å². The van der Waals surface area contributed by atoms with E-state index in [-0.39, 0.29) is 23.4 Å². The number of carbonyl (C=O) groups is 2. The maximum Gasteiger partial charge on any atom is 0.256 e. The van der Waals surface area contributed by atoms with Gasteiger partial charge in [0.25, 0.3) is 11.8 Å². The second kappa shape index (κ2) is 11.7. The Kier molecular flexibility index (Phi) is 7.46. The summed E-state index contributed by atoms with van der Waals surface area (Å²) in [4.78, 5) is 35.9. The molecule has 10 nitrogen and oxygen atoms in total. The van der Waals surface area contributed by atoms with Gasteiger partial charge in [-0.15, -0.1) is 0 Å². The number of piperidine rings is 1. The molecule has 4 heterocycles. The van der Waals surface area contributed by atoms with E-state index in [9.17, 15) is 14.0 Å². The van der Waals surface area contributed by atoms with E-state index in [1.807, 2.05) is 13.0 Å². The third-order valence-corrected chi connectivity index (χ3v) is 7.08. The summed E-state index contributed by atoms with van der Waals surface area (Å²) in [6.07, 6.45) is 4.84. The van der Waals surface area contributed by atoms with Gasteiger partial charge in [0, 0.05) is 43.2 Å². The number of fused-ring (bicyclic) bond motifs is 1. The summed E-state index contributed by atoms with van der Waals surface area (Å²) in [5.74, 6) is 0.941. The number of hydrogen-bond acceptors (Lipinski definition) is 7. The Morgan fingerprint density at radius 3 is 2.67 bits per heavy atom. The molecule has 1 fully saturated rings. The summed E-state index contributed by atoms with van der Waals surface area (Å²) in [6, 6.07) is 18.1. The molecule has 5 aromatic rings. The number of hydrogen-bond donors (Lipinski definition) is 3. The van der Waals surface area contributed by atoms with Crippen molar-refractivity contribution in [2.24, 2.45) is 0 Å². The van der Waals surface area contributed by atoms with Crippen LogP contribution in [0.2, 0.25) is 0 Å². The van der Waals surface area contributed by atoms with Crippen LogP contribution in [0, 0.1) is 12.7 Å². The molecule has 1 aliphatic heterocycles. The molecule has 0 unspecified atom stereocenters. The van der Waals surface area contributed by atoms with Gasteiger partial charge in [0.15, 0.2) is 11.5 Å². The summed E-state index contributed by atoms with van der Waals surface area (Å²) >= 11 is 0. The van der Waals surface area contributed by atoms with E-state index in [2.05, 4.69) is 30.8 Å². The lowest BCUT2D eigenvalue weighted by Crippen LogP contribution is -2.45. The largest absolute Gasteiger partial charge is 0.456 e. The van der Waals surface area contributed by atoms with Crippen LogP contribution in [0.5, 0.6) is 11.5 Å². The molecule has 0 spiro atoms. The highest BCUT2D eigenvalue weighted by Crippen LogP contribution is 2.34. The Morgan fingerprint density at radius 2 is 1.86 bits per heavy atom. The normalized spacial score (nSPS) is 14.9. The number of ether oxygens (including phenoxy) is 1. The fourth-order valence-electron chi connectivity index (χ4n) is 4.98. The van der Waals surface area contributed by atoms with Crippen molar-refractivity contribution in [3.8, 4) is 11.5 Å². The van der Waals surface area contributed by atoms with E-state index in [1.54, 1.807) is 65.8 Å². The zero-order chi connectivity index (χ0) is 29.1. The number of anilines is 2. The Morgan fingerprint density at radius 1 is 1.05 bits per heavy atom. The number of rotatable bonds is 7. The molecule has 0 saturated carbocycles. The van der Waals surface area contributed by atoms with Gasteiger partial charge in [-0.25, -0.2) is 14.4 Å². The number of aromatic nitrogens is 4. The minimum atomic E-state index is -0.527. The molecule has 1 aliphatic rings. The highest BCUT2D eigenvalue weighted by Gasteiger charge is 2.27. The summed E-state index contributed by atoms with van der Waals surface area (Å²) in [7, 11) is 0. The van der Waals surface area contributed by atoms with Gasteiger partial charge in [-0.05, 0) is 73.9 Å². The number of likely N-dealkylation sites (tertiary alicyclic amines) is 1. The summed E-state index contributed by atoms with van der Waals surface area (Å²) in [5.41, 5.74) is 2.06. The number of aryl methyl sites for hydroxylation is 1. The van der Waals surface area contributed by atoms with Crippen LogP contribution in [-0.4, -0.2) is 56.0 Å². The number of pyridine rings is 2. The molecule has 2 aromatic carbocycles. The third-order valence-electron chi connectivity index (χ3n) is 7.08. The van der Waals surface area contributed by atoms with Gasteiger partial charge in [-0.1, -0.05) is 12.1 Å². The second-order valence-corrected chi connectivity index (χ2v) is 10.1. The molecule has 3 aromatic heterocycles. The van der Waals surface area contributed by atoms with Crippen molar-refractivity contribution in [3.05, 3.63) is 102 Å². The van der Waals surface area contributed by atoms with Crippen molar-refractivity contribution in [2.45, 2.75) is 25.8 Å². The number of nitrogens with zero attached hydrogens (tertiary/aromatic N) is 4. The number of halogens is 1. The Bertz CT molecular complexity index is 1760. The first-order valence-corrected chi connectivity index (χ1v) is 13.6. The highest BCUT2D eigenvalue weighted by atomic mass is 19.1. The van der Waals surface area contributed by atoms with Crippen molar-refractivity contribution >= 4 is 34.5 Å². The molecule has 1 saturated heterocycles. The van der Waals surface area contributed by atoms with Gasteiger partial charge >= 0.3 is 0 Å². The van der Waals surface area contributed by atoms with Gasteiger partial charge in [0.05, 0.1) is 5.56 Å². The molecule has 0 aliphatic carbocycles. The van der Waals surface area contributed by atoms with Crippen LogP contribution in [-0.2, 0) is 0 Å². The highest BCUT2D eigenvalue weighted by molar-refractivity contribution is 6.03. The van der Waals surface area contributed by atoms with Crippen LogP contribution in [0.4, 0.5) is 16.0 Å². The lowest BCUT2D eigenvalue weighted by atomic mass is 10.0. The van der Waals surface area contributed by atoms with Gasteiger partial charge in [-0.3, -0.25) is 14.7 Å². The summed E-state index contributed by atoms with van der Waals surface area (Å²) in [5, 5.41) is 14.2. The minimum Gasteiger partial charge on any atom is -0.456 e. The van der Waals surface area contributed by atoms with E-state index in [1.165, 1.54) is 12.1 Å². The first-order valence-electron chi connectivity index (χ1n) is 13.6. The van der Waals surface area contributed by atoms with E-state index in [0.717, 1.165) is 18.4 Å². The van der Waals surface area contributed by atoms with Gasteiger partial charge in [-0.2, -0.15) is 5.10 Å². The predicted octanol–water partition coefficient (Wildman–Crippen LogP) is 5.56. The Balaban J connectivity index is 1.16. The number of nitrogens with one attached hydrogen (secondary N) is 3. The third kappa shape index (κ3) is 5.75. The summed E-state index contributed by atoms with van der Waals surface area (Å²) < 4.78 is 20.4. The molecule has 3 N–H and O–H groups in total. The lowest BCUT2D eigenvalue weighted by Gasteiger charge is -2.33. The number of aromatic amines is 1. The molecule has 2 amide bonds. The van der Waals surface area contributed by atoms with Crippen molar-refractivity contribution in [2.75, 3.05) is 23.7 Å². The van der Waals surface area contributed by atoms with Crippen LogP contribution in [0.15, 0.2) is 79.1 Å². The molecule has 212 valence electrons. The molecule has 1 atom stereocenters. The van der Waals surface area contributed by atoms with Crippen molar-refractivity contribution in [1.82, 2.24) is 25.1 Å². The van der Waals surface area contributed by atoms with E-state index >= 15 is 0 Å². The Hall–Kier alpha value is -5.32. The molecular weight excluding hydrogens is 537 g/mol. The van der Waals surface area contributed by atoms with E-state index < -0.39 is 5.82 Å². The SMILES string of the molecule is Cc1ccnc(NC(=O)c2ccc(Oc3ccnc4[nH]nc(N[C@@H]5CCCN(C(=O)c6ccccc6F)C5)c34)cc2)c1. The first kappa shape index (κ1) is 26.9. The maximum atomic E-state index is 14.2. The number of amides is 2. The van der Waals surface area contributed by atoms with Gasteiger partial charge in [0.1, 0.15) is 28.5 Å². The fourth-order valence-corrected chi connectivity index (χ4v) is 4.98. The van der Waals surface area contributed by atoms with Crippen LogP contribution < -0.4 is 15.4 Å². The minimum absolute atomic E-state index is 0.0681. The first-order chi connectivity index (χ1) is 20.4. The number of H-pyrrole nitrogens is 1. The van der Waals surface area contributed by atoms with E-state index in [4.69, 9.17) is 4.74 Å². The fraction of sp³-hybridized carbons (Fsp3) is 0.194. The zero-order valence-electron chi connectivity index (χ0n) is 22.8. The molecular formula is C31H28FN7O3.